The highest BCUT2D eigenvalue weighted by Gasteiger charge is 2.27. The number of hydrogen-bond acceptors (Lipinski definition) is 7. The van der Waals surface area contributed by atoms with Gasteiger partial charge < -0.3 is 25.1 Å². The van der Waals surface area contributed by atoms with E-state index >= 15 is 0 Å². The summed E-state index contributed by atoms with van der Waals surface area (Å²) >= 11 is 0. The SMILES string of the molecule is COCCNCc1nnc(N(CC(N)=O)C2CCCC2)o1. The average Bonchev–Trinajstić information content (AvgIpc) is 3.12. The zero-order valence-corrected chi connectivity index (χ0v) is 12.4. The minimum atomic E-state index is -0.389. The first kappa shape index (κ1) is 15.7. The van der Waals surface area contributed by atoms with Gasteiger partial charge >= 0.3 is 6.01 Å². The molecule has 1 aromatic heterocycles. The predicted octanol–water partition coefficient (Wildman–Crippen LogP) is 0.0399. The van der Waals surface area contributed by atoms with E-state index in [1.165, 1.54) is 0 Å². The number of amides is 1. The molecule has 0 saturated heterocycles. The molecule has 1 saturated carbocycles. The molecule has 118 valence electrons. The summed E-state index contributed by atoms with van der Waals surface area (Å²) in [6.45, 7) is 1.92. The van der Waals surface area contributed by atoms with Crippen molar-refractivity contribution in [3.63, 3.8) is 0 Å². The predicted molar refractivity (Wildman–Crippen MR) is 76.7 cm³/mol. The third-order valence-corrected chi connectivity index (χ3v) is 3.55. The first-order valence-electron chi connectivity index (χ1n) is 7.27. The second kappa shape index (κ2) is 7.94. The highest BCUT2D eigenvalue weighted by molar-refractivity contribution is 5.78. The van der Waals surface area contributed by atoms with Crippen molar-refractivity contribution < 1.29 is 13.9 Å². The Morgan fingerprint density at radius 2 is 2.24 bits per heavy atom. The van der Waals surface area contributed by atoms with Crippen LogP contribution in [-0.2, 0) is 16.1 Å². The number of primary amides is 1. The first-order valence-corrected chi connectivity index (χ1v) is 7.27. The largest absolute Gasteiger partial charge is 0.407 e. The van der Waals surface area contributed by atoms with Crippen molar-refractivity contribution in [2.75, 3.05) is 31.7 Å². The van der Waals surface area contributed by atoms with Crippen LogP contribution >= 0.6 is 0 Å². The number of aromatic nitrogens is 2. The molecule has 21 heavy (non-hydrogen) atoms. The van der Waals surface area contributed by atoms with Gasteiger partial charge in [-0.05, 0) is 12.8 Å². The summed E-state index contributed by atoms with van der Waals surface area (Å²) in [4.78, 5) is 13.1. The monoisotopic (exact) mass is 297 g/mol. The van der Waals surface area contributed by atoms with Gasteiger partial charge in [0.2, 0.25) is 11.8 Å². The number of carbonyl (C=O) groups is 1. The number of methoxy groups -OCH3 is 1. The second-order valence-corrected chi connectivity index (χ2v) is 5.18. The van der Waals surface area contributed by atoms with Gasteiger partial charge in [0.1, 0.15) is 6.54 Å². The Balaban J connectivity index is 1.96. The zero-order chi connectivity index (χ0) is 15.1. The van der Waals surface area contributed by atoms with Gasteiger partial charge in [-0.1, -0.05) is 17.9 Å². The molecule has 0 aromatic carbocycles. The van der Waals surface area contributed by atoms with E-state index in [0.29, 0.717) is 31.6 Å². The van der Waals surface area contributed by atoms with Gasteiger partial charge in [-0.25, -0.2) is 0 Å². The third kappa shape index (κ3) is 4.68. The summed E-state index contributed by atoms with van der Waals surface area (Å²) < 4.78 is 10.6. The van der Waals surface area contributed by atoms with Gasteiger partial charge in [0.25, 0.3) is 0 Å². The van der Waals surface area contributed by atoms with Gasteiger partial charge in [-0.15, -0.1) is 5.10 Å². The van der Waals surface area contributed by atoms with Gasteiger partial charge in [-0.3, -0.25) is 4.79 Å². The van der Waals surface area contributed by atoms with Crippen molar-refractivity contribution >= 4 is 11.9 Å². The molecule has 0 radical (unpaired) electrons. The summed E-state index contributed by atoms with van der Waals surface area (Å²) in [5.41, 5.74) is 5.32. The van der Waals surface area contributed by atoms with E-state index in [0.717, 1.165) is 25.7 Å². The molecule has 0 aliphatic heterocycles. The van der Waals surface area contributed by atoms with Gasteiger partial charge in [0.05, 0.1) is 13.2 Å². The molecule has 0 spiro atoms. The van der Waals surface area contributed by atoms with Crippen molar-refractivity contribution in [3.05, 3.63) is 5.89 Å². The molecule has 1 fully saturated rings. The van der Waals surface area contributed by atoms with Crippen molar-refractivity contribution in [2.45, 2.75) is 38.3 Å². The average molecular weight is 297 g/mol. The molecule has 1 aliphatic rings. The van der Waals surface area contributed by atoms with Gasteiger partial charge in [0.15, 0.2) is 0 Å². The van der Waals surface area contributed by atoms with Crippen LogP contribution in [0.25, 0.3) is 0 Å². The molecule has 8 nitrogen and oxygen atoms in total. The van der Waals surface area contributed by atoms with Crippen LogP contribution in [-0.4, -0.2) is 49.0 Å². The molecule has 1 amide bonds. The normalized spacial score (nSPS) is 15.5. The summed E-state index contributed by atoms with van der Waals surface area (Å²) in [6.07, 6.45) is 4.35. The fourth-order valence-electron chi connectivity index (χ4n) is 2.54. The van der Waals surface area contributed by atoms with E-state index in [-0.39, 0.29) is 18.5 Å². The molecule has 0 bridgehead atoms. The van der Waals surface area contributed by atoms with Crippen LogP contribution < -0.4 is 16.0 Å². The van der Waals surface area contributed by atoms with Crippen LogP contribution in [0.3, 0.4) is 0 Å². The maximum atomic E-state index is 11.3. The van der Waals surface area contributed by atoms with Gasteiger partial charge in [-0.2, -0.15) is 0 Å². The number of nitrogens with zero attached hydrogens (tertiary/aromatic N) is 3. The Morgan fingerprint density at radius 3 is 2.90 bits per heavy atom. The van der Waals surface area contributed by atoms with E-state index in [1.807, 2.05) is 4.90 Å². The Morgan fingerprint density at radius 1 is 1.48 bits per heavy atom. The van der Waals surface area contributed by atoms with Crippen LogP contribution in [0.5, 0.6) is 0 Å². The molecule has 8 heteroatoms. The molecule has 3 N–H and O–H groups in total. The van der Waals surface area contributed by atoms with Crippen molar-refractivity contribution in [3.8, 4) is 0 Å². The Labute approximate surface area is 124 Å². The van der Waals surface area contributed by atoms with Crippen LogP contribution in [0.15, 0.2) is 4.42 Å². The van der Waals surface area contributed by atoms with Gasteiger partial charge in [0, 0.05) is 19.7 Å². The van der Waals surface area contributed by atoms with E-state index in [4.69, 9.17) is 14.9 Å². The molecule has 2 rings (SSSR count). The Hall–Kier alpha value is -1.67. The summed E-state index contributed by atoms with van der Waals surface area (Å²) in [6, 6.07) is 0.636. The standard InChI is InChI=1S/C13H23N5O3/c1-20-7-6-15-8-12-16-17-13(21-12)18(9-11(14)19)10-4-2-3-5-10/h10,15H,2-9H2,1H3,(H2,14,19). The highest BCUT2D eigenvalue weighted by atomic mass is 16.5. The molecule has 0 atom stereocenters. The van der Waals surface area contributed by atoms with Crippen molar-refractivity contribution in [2.24, 2.45) is 5.73 Å². The maximum absolute atomic E-state index is 11.3. The summed E-state index contributed by atoms with van der Waals surface area (Å²) in [5, 5.41) is 11.2. The third-order valence-electron chi connectivity index (χ3n) is 3.55. The Kier molecular flexibility index (Phi) is 5.94. The van der Waals surface area contributed by atoms with E-state index in [9.17, 15) is 4.79 Å². The van der Waals surface area contributed by atoms with E-state index in [2.05, 4.69) is 15.5 Å². The Bertz CT molecular complexity index is 445. The number of nitrogens with one attached hydrogen (secondary N) is 1. The van der Waals surface area contributed by atoms with Crippen molar-refractivity contribution in [1.82, 2.24) is 15.5 Å². The number of rotatable bonds is 9. The quantitative estimate of drug-likeness (QED) is 0.620. The fourth-order valence-corrected chi connectivity index (χ4v) is 2.54. The first-order chi connectivity index (χ1) is 10.2. The summed E-state index contributed by atoms with van der Waals surface area (Å²) in [7, 11) is 1.65. The van der Waals surface area contributed by atoms with Crippen LogP contribution in [0.1, 0.15) is 31.6 Å². The lowest BCUT2D eigenvalue weighted by Crippen LogP contribution is -2.40. The zero-order valence-electron chi connectivity index (χ0n) is 12.4. The lowest BCUT2D eigenvalue weighted by molar-refractivity contribution is -0.116. The van der Waals surface area contributed by atoms with E-state index in [1.54, 1.807) is 7.11 Å². The minimum absolute atomic E-state index is 0.114. The van der Waals surface area contributed by atoms with Crippen LogP contribution in [0.2, 0.25) is 0 Å². The number of nitrogens with two attached hydrogens (primary N) is 1. The van der Waals surface area contributed by atoms with Crippen LogP contribution in [0, 0.1) is 0 Å². The van der Waals surface area contributed by atoms with Crippen LogP contribution in [0.4, 0.5) is 6.01 Å². The fraction of sp³-hybridized carbons (Fsp3) is 0.769. The summed E-state index contributed by atoms with van der Waals surface area (Å²) in [5.74, 6) is 0.105. The topological polar surface area (TPSA) is 107 Å². The molecule has 0 unspecified atom stereocenters. The molecular weight excluding hydrogens is 274 g/mol. The minimum Gasteiger partial charge on any atom is -0.407 e. The smallest absolute Gasteiger partial charge is 0.318 e. The lowest BCUT2D eigenvalue weighted by Gasteiger charge is -2.25. The molecule has 1 heterocycles. The number of carbonyl (C=O) groups excluding carboxylic acids is 1. The molecular formula is C13H23N5O3. The number of ether oxygens (including phenoxy) is 1. The number of hydrogen-bond donors (Lipinski definition) is 2. The molecule has 1 aromatic rings. The highest BCUT2D eigenvalue weighted by Crippen LogP contribution is 2.27. The molecule has 1 aliphatic carbocycles. The van der Waals surface area contributed by atoms with Crippen molar-refractivity contribution in [1.29, 1.82) is 0 Å². The number of anilines is 1. The van der Waals surface area contributed by atoms with E-state index < -0.39 is 0 Å². The second-order valence-electron chi connectivity index (χ2n) is 5.18. The maximum Gasteiger partial charge on any atom is 0.318 e. The lowest BCUT2D eigenvalue weighted by atomic mass is 10.2.